The van der Waals surface area contributed by atoms with Crippen molar-refractivity contribution < 1.29 is 17.9 Å². The zero-order chi connectivity index (χ0) is 8.04. The number of hydrogen-bond donors (Lipinski definition) is 1. The van der Waals surface area contributed by atoms with Crippen LogP contribution >= 0.6 is 11.9 Å². The molecule has 0 atom stereocenters. The maximum absolute atomic E-state index is 11.3. The first-order chi connectivity index (χ1) is 4.56. The standard InChI is InChI=1S/C4H8F3NOS/c5-4(6,7)3-9-1-2-10-8/h1-3,8H2. The van der Waals surface area contributed by atoms with Crippen LogP contribution in [0.2, 0.25) is 0 Å². The average molecular weight is 175 g/mol. The zero-order valence-electron chi connectivity index (χ0n) is 5.15. The minimum absolute atomic E-state index is 0.0423. The van der Waals surface area contributed by atoms with E-state index < -0.39 is 12.8 Å². The van der Waals surface area contributed by atoms with E-state index in [2.05, 4.69) is 4.74 Å². The summed E-state index contributed by atoms with van der Waals surface area (Å²) in [7, 11) is 0. The van der Waals surface area contributed by atoms with Crippen LogP contribution in [0, 0.1) is 0 Å². The van der Waals surface area contributed by atoms with Gasteiger partial charge in [0, 0.05) is 5.75 Å². The lowest BCUT2D eigenvalue weighted by atomic mass is 10.7. The van der Waals surface area contributed by atoms with Gasteiger partial charge < -0.3 is 4.74 Å². The van der Waals surface area contributed by atoms with Crippen molar-refractivity contribution in [3.63, 3.8) is 0 Å². The minimum atomic E-state index is -4.22. The fourth-order valence-corrected chi connectivity index (χ4v) is 0.509. The van der Waals surface area contributed by atoms with E-state index in [1.54, 1.807) is 0 Å². The van der Waals surface area contributed by atoms with Crippen molar-refractivity contribution in [3.05, 3.63) is 0 Å². The van der Waals surface area contributed by atoms with E-state index in [9.17, 15) is 13.2 Å². The SMILES string of the molecule is NSCCOCC(F)(F)F. The Balaban J connectivity index is 3.04. The quantitative estimate of drug-likeness (QED) is 0.514. The summed E-state index contributed by atoms with van der Waals surface area (Å²) in [4.78, 5) is 0. The maximum Gasteiger partial charge on any atom is 0.411 e. The third-order valence-corrected chi connectivity index (χ3v) is 1.01. The molecule has 0 unspecified atom stereocenters. The van der Waals surface area contributed by atoms with Crippen molar-refractivity contribution in [2.24, 2.45) is 5.14 Å². The van der Waals surface area contributed by atoms with E-state index in [4.69, 9.17) is 5.14 Å². The molecular formula is C4H8F3NOS. The molecule has 0 spiro atoms. The summed E-state index contributed by atoms with van der Waals surface area (Å²) in [6, 6.07) is 0. The van der Waals surface area contributed by atoms with Crippen molar-refractivity contribution in [3.8, 4) is 0 Å². The molecule has 0 aromatic heterocycles. The summed E-state index contributed by atoms with van der Waals surface area (Å²) in [6.45, 7) is -1.14. The number of rotatable bonds is 4. The van der Waals surface area contributed by atoms with Crippen LogP contribution in [0.25, 0.3) is 0 Å². The van der Waals surface area contributed by atoms with Crippen molar-refractivity contribution in [2.45, 2.75) is 6.18 Å². The molecule has 0 saturated heterocycles. The van der Waals surface area contributed by atoms with Gasteiger partial charge in [0.2, 0.25) is 0 Å². The highest BCUT2D eigenvalue weighted by Gasteiger charge is 2.26. The molecule has 0 aliphatic rings. The molecule has 0 aromatic carbocycles. The van der Waals surface area contributed by atoms with Crippen LogP contribution in [0.4, 0.5) is 13.2 Å². The predicted molar refractivity (Wildman–Crippen MR) is 33.5 cm³/mol. The second-order valence-electron chi connectivity index (χ2n) is 1.54. The molecule has 10 heavy (non-hydrogen) atoms. The Morgan fingerprint density at radius 2 is 2.00 bits per heavy atom. The maximum atomic E-state index is 11.3. The monoisotopic (exact) mass is 175 g/mol. The van der Waals surface area contributed by atoms with E-state index in [-0.39, 0.29) is 6.61 Å². The van der Waals surface area contributed by atoms with Gasteiger partial charge in [-0.05, 0) is 0 Å². The fourth-order valence-electron chi connectivity index (χ4n) is 0.295. The third kappa shape index (κ3) is 8.06. The Morgan fingerprint density at radius 1 is 1.40 bits per heavy atom. The number of hydrogen-bond acceptors (Lipinski definition) is 3. The van der Waals surface area contributed by atoms with Crippen LogP contribution in [0.1, 0.15) is 0 Å². The highest BCUT2D eigenvalue weighted by Crippen LogP contribution is 2.14. The van der Waals surface area contributed by atoms with Gasteiger partial charge in [-0.3, -0.25) is 5.14 Å². The average Bonchev–Trinajstić information content (AvgIpc) is 1.78. The molecule has 2 N–H and O–H groups in total. The third-order valence-electron chi connectivity index (χ3n) is 0.611. The molecule has 0 aliphatic heterocycles. The number of halogens is 3. The Bertz CT molecular complexity index is 87.1. The molecular weight excluding hydrogens is 167 g/mol. The first-order valence-corrected chi connectivity index (χ1v) is 3.57. The largest absolute Gasteiger partial charge is 0.411 e. The Hall–Kier alpha value is 0.0600. The molecule has 6 heteroatoms. The van der Waals surface area contributed by atoms with Gasteiger partial charge in [-0.2, -0.15) is 13.2 Å². The second-order valence-corrected chi connectivity index (χ2v) is 2.28. The van der Waals surface area contributed by atoms with Gasteiger partial charge in [-0.15, -0.1) is 0 Å². The molecule has 0 fully saturated rings. The molecule has 62 valence electrons. The summed E-state index contributed by atoms with van der Waals surface area (Å²) in [5.74, 6) is 0.385. The summed E-state index contributed by atoms with van der Waals surface area (Å²) in [5, 5.41) is 4.93. The lowest BCUT2D eigenvalue weighted by Crippen LogP contribution is -2.18. The smallest absolute Gasteiger partial charge is 0.371 e. The van der Waals surface area contributed by atoms with E-state index in [1.807, 2.05) is 0 Å². The van der Waals surface area contributed by atoms with E-state index in [0.29, 0.717) is 5.75 Å². The molecule has 2 nitrogen and oxygen atoms in total. The Morgan fingerprint density at radius 3 is 2.40 bits per heavy atom. The topological polar surface area (TPSA) is 35.2 Å². The molecule has 0 radical (unpaired) electrons. The van der Waals surface area contributed by atoms with Crippen molar-refractivity contribution in [1.29, 1.82) is 0 Å². The van der Waals surface area contributed by atoms with E-state index in [1.165, 1.54) is 0 Å². The predicted octanol–water partition coefficient (Wildman–Crippen LogP) is 1.17. The van der Waals surface area contributed by atoms with E-state index >= 15 is 0 Å². The van der Waals surface area contributed by atoms with E-state index in [0.717, 1.165) is 11.9 Å². The minimum Gasteiger partial charge on any atom is -0.371 e. The second kappa shape index (κ2) is 4.81. The lowest BCUT2D eigenvalue weighted by Gasteiger charge is -2.05. The first-order valence-electron chi connectivity index (χ1n) is 2.52. The van der Waals surface area contributed by atoms with Gasteiger partial charge in [0.15, 0.2) is 0 Å². The lowest BCUT2D eigenvalue weighted by molar-refractivity contribution is -0.172. The summed E-state index contributed by atoms with van der Waals surface area (Å²) in [6.07, 6.45) is -4.22. The highest BCUT2D eigenvalue weighted by atomic mass is 32.2. The summed E-state index contributed by atoms with van der Waals surface area (Å²) >= 11 is 0.960. The molecule has 0 aliphatic carbocycles. The zero-order valence-corrected chi connectivity index (χ0v) is 5.97. The van der Waals surface area contributed by atoms with Crippen molar-refractivity contribution in [2.75, 3.05) is 19.0 Å². The molecule has 0 rings (SSSR count). The Labute approximate surface area is 61.0 Å². The van der Waals surface area contributed by atoms with Crippen LogP contribution in [0.15, 0.2) is 0 Å². The van der Waals surface area contributed by atoms with Crippen LogP contribution in [0.5, 0.6) is 0 Å². The number of ether oxygens (including phenoxy) is 1. The van der Waals surface area contributed by atoms with Crippen LogP contribution < -0.4 is 5.14 Å². The van der Waals surface area contributed by atoms with Crippen LogP contribution in [0.3, 0.4) is 0 Å². The van der Waals surface area contributed by atoms with Gasteiger partial charge >= 0.3 is 6.18 Å². The van der Waals surface area contributed by atoms with Crippen LogP contribution in [-0.4, -0.2) is 25.1 Å². The number of nitrogens with two attached hydrogens (primary N) is 1. The van der Waals surface area contributed by atoms with Gasteiger partial charge in [0.25, 0.3) is 0 Å². The molecule has 0 bridgehead atoms. The number of alkyl halides is 3. The summed E-state index contributed by atoms with van der Waals surface area (Å²) in [5.41, 5.74) is 0. The molecule has 0 amide bonds. The van der Waals surface area contributed by atoms with Gasteiger partial charge in [-0.1, -0.05) is 11.9 Å². The first kappa shape index (κ1) is 10.1. The van der Waals surface area contributed by atoms with Gasteiger partial charge in [0.1, 0.15) is 6.61 Å². The molecule has 0 saturated carbocycles. The molecule has 0 aromatic rings. The van der Waals surface area contributed by atoms with Gasteiger partial charge in [0.05, 0.1) is 6.61 Å². The Kier molecular flexibility index (Phi) is 4.84. The van der Waals surface area contributed by atoms with Crippen molar-refractivity contribution in [1.82, 2.24) is 0 Å². The van der Waals surface area contributed by atoms with Crippen molar-refractivity contribution >= 4 is 11.9 Å². The summed E-state index contributed by atoms with van der Waals surface area (Å²) < 4.78 is 38.2. The van der Waals surface area contributed by atoms with Crippen LogP contribution in [-0.2, 0) is 4.74 Å². The fraction of sp³-hybridized carbons (Fsp3) is 1.00. The highest BCUT2D eigenvalue weighted by molar-refractivity contribution is 7.97. The molecule has 0 heterocycles. The normalized spacial score (nSPS) is 12.0. The van der Waals surface area contributed by atoms with Gasteiger partial charge in [-0.25, -0.2) is 0 Å².